The molecule has 2 rings (SSSR count). The SMILES string of the molecule is CC(CNC1CC(=O)N(C)C1=O)N1CCCC1. The molecule has 2 saturated heterocycles. The van der Waals surface area contributed by atoms with Crippen LogP contribution in [0.25, 0.3) is 0 Å². The van der Waals surface area contributed by atoms with Gasteiger partial charge >= 0.3 is 0 Å². The van der Waals surface area contributed by atoms with Crippen molar-refractivity contribution in [2.24, 2.45) is 0 Å². The molecule has 2 amide bonds. The topological polar surface area (TPSA) is 52.7 Å². The van der Waals surface area contributed by atoms with E-state index < -0.39 is 0 Å². The molecule has 2 aliphatic rings. The molecular weight excluding hydrogens is 218 g/mol. The zero-order chi connectivity index (χ0) is 12.4. The van der Waals surface area contributed by atoms with Crippen LogP contribution < -0.4 is 5.32 Å². The van der Waals surface area contributed by atoms with Crippen LogP contribution >= 0.6 is 0 Å². The molecule has 2 unspecified atom stereocenters. The summed E-state index contributed by atoms with van der Waals surface area (Å²) < 4.78 is 0. The van der Waals surface area contributed by atoms with Crippen molar-refractivity contribution in [3.8, 4) is 0 Å². The van der Waals surface area contributed by atoms with E-state index in [4.69, 9.17) is 0 Å². The molecule has 1 N–H and O–H groups in total. The molecule has 2 fully saturated rings. The molecule has 0 aliphatic carbocycles. The highest BCUT2D eigenvalue weighted by Gasteiger charge is 2.35. The zero-order valence-corrected chi connectivity index (χ0v) is 10.6. The summed E-state index contributed by atoms with van der Waals surface area (Å²) in [5.74, 6) is -0.176. The fraction of sp³-hybridized carbons (Fsp3) is 0.833. The van der Waals surface area contributed by atoms with Gasteiger partial charge in [-0.15, -0.1) is 0 Å². The molecule has 0 aromatic heterocycles. The van der Waals surface area contributed by atoms with Crippen LogP contribution in [-0.2, 0) is 9.59 Å². The summed E-state index contributed by atoms with van der Waals surface area (Å²) in [7, 11) is 1.55. The van der Waals surface area contributed by atoms with Crippen molar-refractivity contribution in [3.63, 3.8) is 0 Å². The molecule has 0 aromatic rings. The number of likely N-dealkylation sites (N-methyl/N-ethyl adjacent to an activating group) is 1. The molecule has 2 atom stereocenters. The Morgan fingerprint density at radius 2 is 2.00 bits per heavy atom. The van der Waals surface area contributed by atoms with Gasteiger partial charge in [0.2, 0.25) is 11.8 Å². The fourth-order valence-corrected chi connectivity index (χ4v) is 2.54. The highest BCUT2D eigenvalue weighted by Crippen LogP contribution is 2.13. The lowest BCUT2D eigenvalue weighted by Gasteiger charge is -2.25. The first-order chi connectivity index (χ1) is 8.09. The van der Waals surface area contributed by atoms with Gasteiger partial charge in [-0.3, -0.25) is 19.4 Å². The van der Waals surface area contributed by atoms with Gasteiger partial charge in [-0.2, -0.15) is 0 Å². The first kappa shape index (κ1) is 12.5. The molecule has 0 bridgehead atoms. The smallest absolute Gasteiger partial charge is 0.246 e. The predicted octanol–water partition coefficient (Wildman–Crippen LogP) is -0.182. The minimum absolute atomic E-state index is 0.0821. The van der Waals surface area contributed by atoms with Crippen LogP contribution in [0.1, 0.15) is 26.2 Å². The molecule has 2 heterocycles. The highest BCUT2D eigenvalue weighted by atomic mass is 16.2. The van der Waals surface area contributed by atoms with Gasteiger partial charge in [0.25, 0.3) is 0 Å². The van der Waals surface area contributed by atoms with Crippen LogP contribution in [0.5, 0.6) is 0 Å². The lowest BCUT2D eigenvalue weighted by Crippen LogP contribution is -2.44. The molecule has 0 spiro atoms. The average Bonchev–Trinajstić information content (AvgIpc) is 2.91. The van der Waals surface area contributed by atoms with Crippen LogP contribution in [0.3, 0.4) is 0 Å². The van der Waals surface area contributed by atoms with Gasteiger partial charge < -0.3 is 5.32 Å². The Morgan fingerprint density at radius 3 is 2.53 bits per heavy atom. The second-order valence-electron chi connectivity index (χ2n) is 5.05. The number of likely N-dealkylation sites (tertiary alicyclic amines) is 2. The van der Waals surface area contributed by atoms with E-state index >= 15 is 0 Å². The van der Waals surface area contributed by atoms with Crippen molar-refractivity contribution >= 4 is 11.8 Å². The Balaban J connectivity index is 1.78. The van der Waals surface area contributed by atoms with Gasteiger partial charge in [0, 0.05) is 19.6 Å². The van der Waals surface area contributed by atoms with E-state index in [2.05, 4.69) is 17.1 Å². The monoisotopic (exact) mass is 239 g/mol. The molecular formula is C12H21N3O2. The number of imide groups is 1. The second-order valence-corrected chi connectivity index (χ2v) is 5.05. The lowest BCUT2D eigenvalue weighted by molar-refractivity contribution is -0.137. The lowest BCUT2D eigenvalue weighted by atomic mass is 10.2. The predicted molar refractivity (Wildman–Crippen MR) is 64.5 cm³/mol. The molecule has 96 valence electrons. The molecule has 2 aliphatic heterocycles. The first-order valence-corrected chi connectivity index (χ1v) is 6.37. The van der Waals surface area contributed by atoms with Crippen molar-refractivity contribution in [1.29, 1.82) is 0 Å². The Kier molecular flexibility index (Phi) is 3.79. The maximum absolute atomic E-state index is 11.7. The summed E-state index contributed by atoms with van der Waals surface area (Å²) in [4.78, 5) is 26.7. The van der Waals surface area contributed by atoms with E-state index in [1.165, 1.54) is 17.7 Å². The zero-order valence-electron chi connectivity index (χ0n) is 10.6. The number of nitrogens with zero attached hydrogens (tertiary/aromatic N) is 2. The summed E-state index contributed by atoms with van der Waals surface area (Å²) >= 11 is 0. The van der Waals surface area contributed by atoms with E-state index in [1.807, 2.05) is 0 Å². The molecule has 0 radical (unpaired) electrons. The normalized spacial score (nSPS) is 28.1. The largest absolute Gasteiger partial charge is 0.304 e. The molecule has 5 heteroatoms. The van der Waals surface area contributed by atoms with Crippen LogP contribution in [0.15, 0.2) is 0 Å². The van der Waals surface area contributed by atoms with Crippen molar-refractivity contribution in [3.05, 3.63) is 0 Å². The van der Waals surface area contributed by atoms with Crippen LogP contribution in [0.2, 0.25) is 0 Å². The summed E-state index contributed by atoms with van der Waals surface area (Å²) in [5.41, 5.74) is 0. The molecule has 17 heavy (non-hydrogen) atoms. The Bertz CT molecular complexity index is 313. The van der Waals surface area contributed by atoms with E-state index in [-0.39, 0.29) is 17.9 Å². The number of hydrogen-bond donors (Lipinski definition) is 1. The molecule has 5 nitrogen and oxygen atoms in total. The van der Waals surface area contributed by atoms with Crippen LogP contribution in [-0.4, -0.2) is 60.4 Å². The summed E-state index contributed by atoms with van der Waals surface area (Å²) in [6.45, 7) is 5.25. The van der Waals surface area contributed by atoms with Gasteiger partial charge in [-0.05, 0) is 32.9 Å². The Hall–Kier alpha value is -0.940. The number of rotatable bonds is 4. The van der Waals surface area contributed by atoms with Gasteiger partial charge in [0.05, 0.1) is 12.5 Å². The van der Waals surface area contributed by atoms with Crippen LogP contribution in [0, 0.1) is 0 Å². The van der Waals surface area contributed by atoms with E-state index in [1.54, 1.807) is 7.05 Å². The number of carbonyl (C=O) groups is 2. The van der Waals surface area contributed by atoms with Crippen molar-refractivity contribution in [2.45, 2.75) is 38.3 Å². The second kappa shape index (κ2) is 5.14. The third-order valence-corrected chi connectivity index (χ3v) is 3.81. The van der Waals surface area contributed by atoms with Crippen LogP contribution in [0.4, 0.5) is 0 Å². The summed E-state index contributed by atoms with van der Waals surface area (Å²) in [6.07, 6.45) is 2.85. The number of hydrogen-bond acceptors (Lipinski definition) is 4. The molecule has 0 aromatic carbocycles. The van der Waals surface area contributed by atoms with Gasteiger partial charge in [-0.1, -0.05) is 0 Å². The fourth-order valence-electron chi connectivity index (χ4n) is 2.54. The van der Waals surface area contributed by atoms with Gasteiger partial charge in [0.1, 0.15) is 0 Å². The van der Waals surface area contributed by atoms with Crippen molar-refractivity contribution in [1.82, 2.24) is 15.1 Å². The number of carbonyl (C=O) groups excluding carboxylic acids is 2. The molecule has 0 saturated carbocycles. The van der Waals surface area contributed by atoms with E-state index in [0.29, 0.717) is 12.5 Å². The third-order valence-electron chi connectivity index (χ3n) is 3.81. The summed E-state index contributed by atoms with van der Waals surface area (Å²) in [5, 5.41) is 3.22. The van der Waals surface area contributed by atoms with Gasteiger partial charge in [-0.25, -0.2) is 0 Å². The van der Waals surface area contributed by atoms with Crippen molar-refractivity contribution < 1.29 is 9.59 Å². The van der Waals surface area contributed by atoms with Crippen molar-refractivity contribution in [2.75, 3.05) is 26.7 Å². The minimum atomic E-state index is -0.308. The summed E-state index contributed by atoms with van der Waals surface area (Å²) in [6, 6.07) is 0.129. The Labute approximate surface area is 102 Å². The maximum atomic E-state index is 11.7. The first-order valence-electron chi connectivity index (χ1n) is 6.37. The average molecular weight is 239 g/mol. The van der Waals surface area contributed by atoms with E-state index in [9.17, 15) is 9.59 Å². The van der Waals surface area contributed by atoms with Gasteiger partial charge in [0.15, 0.2) is 0 Å². The number of nitrogens with one attached hydrogen (secondary N) is 1. The standard InChI is InChI=1S/C12H21N3O2/c1-9(15-5-3-4-6-15)8-13-10-7-11(16)14(2)12(10)17/h9-10,13H,3-8H2,1-2H3. The minimum Gasteiger partial charge on any atom is -0.304 e. The highest BCUT2D eigenvalue weighted by molar-refractivity contribution is 6.05. The quantitative estimate of drug-likeness (QED) is 0.691. The Morgan fingerprint density at radius 1 is 1.35 bits per heavy atom. The number of amides is 2. The third kappa shape index (κ3) is 2.66. The maximum Gasteiger partial charge on any atom is 0.246 e. The van der Waals surface area contributed by atoms with E-state index in [0.717, 1.165) is 19.6 Å².